The number of carbonyl (C=O) groups excluding carboxylic acids is 4. The highest BCUT2D eigenvalue weighted by Gasteiger charge is 2.21. The van der Waals surface area contributed by atoms with Crippen molar-refractivity contribution in [1.82, 2.24) is 9.44 Å². The predicted octanol–water partition coefficient (Wildman–Crippen LogP) is 8.30. The van der Waals surface area contributed by atoms with E-state index in [1.165, 1.54) is 72.8 Å². The zero-order valence-electron chi connectivity index (χ0n) is 31.1. The van der Waals surface area contributed by atoms with Gasteiger partial charge in [-0.25, -0.2) is 45.5 Å². The molecule has 0 radical (unpaired) electrons. The fourth-order valence-corrected chi connectivity index (χ4v) is 7.82. The smallest absolute Gasteiger partial charge is 0.308 e. The van der Waals surface area contributed by atoms with Crippen LogP contribution in [0.15, 0.2) is 168 Å². The molecule has 18 heteroatoms. The van der Waals surface area contributed by atoms with Crippen molar-refractivity contribution >= 4 is 99.8 Å². The van der Waals surface area contributed by atoms with Crippen LogP contribution < -0.4 is 41.3 Å². The fourth-order valence-electron chi connectivity index (χ4n) is 5.92. The Bertz CT molecular complexity index is 2810. The largest absolute Gasteiger partial charge is 0.333 e. The molecule has 8 amide bonds. The second kappa shape index (κ2) is 17.3. The van der Waals surface area contributed by atoms with Crippen molar-refractivity contribution in [1.29, 1.82) is 0 Å². The van der Waals surface area contributed by atoms with Gasteiger partial charge in [0.15, 0.2) is 0 Å². The third-order valence-electron chi connectivity index (χ3n) is 8.67. The number of fused-ring (bicyclic) bond motifs is 2. The third-order valence-corrected chi connectivity index (χ3v) is 11.3. The van der Waals surface area contributed by atoms with Crippen LogP contribution in [0.2, 0.25) is 0 Å². The quantitative estimate of drug-likeness (QED) is 0.0666. The highest BCUT2D eigenvalue weighted by molar-refractivity contribution is 7.90. The van der Waals surface area contributed by atoms with Gasteiger partial charge in [0.1, 0.15) is 0 Å². The molecule has 8 N–H and O–H groups in total. The lowest BCUT2D eigenvalue weighted by atomic mass is 10.1. The Morgan fingerprint density at radius 1 is 0.300 bits per heavy atom. The van der Waals surface area contributed by atoms with Crippen molar-refractivity contribution in [3.63, 3.8) is 0 Å². The average molecular weight is 843 g/mol. The number of urea groups is 4. The molecule has 0 saturated carbocycles. The lowest BCUT2D eigenvalue weighted by Gasteiger charge is -2.12. The van der Waals surface area contributed by atoms with Gasteiger partial charge in [0.05, 0.1) is 9.79 Å². The Morgan fingerprint density at radius 2 is 0.617 bits per heavy atom. The van der Waals surface area contributed by atoms with Crippen LogP contribution >= 0.6 is 0 Å². The van der Waals surface area contributed by atoms with E-state index in [1.807, 2.05) is 70.1 Å². The summed E-state index contributed by atoms with van der Waals surface area (Å²) < 4.78 is 55.9. The molecule has 7 rings (SSSR count). The van der Waals surface area contributed by atoms with Crippen LogP contribution in [0.25, 0.3) is 21.5 Å². The molecule has 0 atom stereocenters. The van der Waals surface area contributed by atoms with Gasteiger partial charge in [0, 0.05) is 34.1 Å². The lowest BCUT2D eigenvalue weighted by Crippen LogP contribution is -2.34. The second-order valence-corrected chi connectivity index (χ2v) is 16.4. The van der Waals surface area contributed by atoms with Crippen LogP contribution in [0.5, 0.6) is 0 Å². The van der Waals surface area contributed by atoms with Gasteiger partial charge < -0.3 is 31.9 Å². The van der Waals surface area contributed by atoms with Gasteiger partial charge in [0.2, 0.25) is 0 Å². The number of amides is 8. The standard InChI is InChI=1S/C42H34N8O8S2/c51-39(47-35-17-15-27-7-1-3-9-29(27)23-35)45-33-11-5-13-37(25-33)59(55,56)49-41(53)43-31-19-21-32(22-20-31)44-42(54)50-60(57,58)38-14-6-12-34(26-38)46-40(52)48-36-18-16-28-8-2-4-10-30(28)24-36/h1-26H,(H2,43,49,53)(H2,44,50,54)(H2,45,47,51)(H2,46,48,52). The summed E-state index contributed by atoms with van der Waals surface area (Å²) in [7, 11) is -8.79. The topological polar surface area (TPSA) is 233 Å². The Labute approximate surface area is 343 Å². The average Bonchev–Trinajstić information content (AvgIpc) is 3.21. The van der Waals surface area contributed by atoms with Crippen LogP contribution in [-0.4, -0.2) is 41.0 Å². The maximum atomic E-state index is 13.0. The molecule has 0 aliphatic carbocycles. The van der Waals surface area contributed by atoms with Crippen molar-refractivity contribution in [3.8, 4) is 0 Å². The van der Waals surface area contributed by atoms with E-state index in [0.29, 0.717) is 11.4 Å². The van der Waals surface area contributed by atoms with Crippen molar-refractivity contribution in [3.05, 3.63) is 158 Å². The zero-order valence-corrected chi connectivity index (χ0v) is 32.7. The van der Waals surface area contributed by atoms with Gasteiger partial charge in [-0.1, -0.05) is 72.8 Å². The van der Waals surface area contributed by atoms with Crippen LogP contribution in [0, 0.1) is 0 Å². The molecule has 0 aliphatic rings. The Kier molecular flexibility index (Phi) is 11.6. The Balaban J connectivity index is 0.886. The fraction of sp³-hybridized carbons (Fsp3) is 0. The van der Waals surface area contributed by atoms with Gasteiger partial charge in [-0.3, -0.25) is 0 Å². The van der Waals surface area contributed by atoms with E-state index in [2.05, 4.69) is 31.9 Å². The van der Waals surface area contributed by atoms with Gasteiger partial charge in [-0.05, 0) is 106 Å². The molecule has 302 valence electrons. The highest BCUT2D eigenvalue weighted by atomic mass is 32.2. The number of anilines is 6. The first-order valence-corrected chi connectivity index (χ1v) is 20.9. The molecule has 0 spiro atoms. The molecular formula is C42H34N8O8S2. The normalized spacial score (nSPS) is 11.2. The third kappa shape index (κ3) is 10.3. The molecule has 0 bridgehead atoms. The molecular weight excluding hydrogens is 809 g/mol. The van der Waals surface area contributed by atoms with Crippen LogP contribution in [0.3, 0.4) is 0 Å². The number of benzene rings is 7. The molecule has 16 nitrogen and oxygen atoms in total. The first-order chi connectivity index (χ1) is 28.8. The first-order valence-electron chi connectivity index (χ1n) is 17.9. The van der Waals surface area contributed by atoms with E-state index in [0.717, 1.165) is 21.5 Å². The summed E-state index contributed by atoms with van der Waals surface area (Å²) in [4.78, 5) is 50.0. The summed E-state index contributed by atoms with van der Waals surface area (Å²) >= 11 is 0. The van der Waals surface area contributed by atoms with Gasteiger partial charge in [-0.15, -0.1) is 0 Å². The van der Waals surface area contributed by atoms with Crippen molar-refractivity contribution in [2.45, 2.75) is 9.79 Å². The Hall–Kier alpha value is -7.96. The molecule has 60 heavy (non-hydrogen) atoms. The highest BCUT2D eigenvalue weighted by Crippen LogP contribution is 2.23. The monoisotopic (exact) mass is 842 g/mol. The van der Waals surface area contributed by atoms with E-state index in [-0.39, 0.29) is 32.5 Å². The maximum absolute atomic E-state index is 13.0. The molecule has 7 aromatic rings. The van der Waals surface area contributed by atoms with Crippen molar-refractivity contribution in [2.24, 2.45) is 0 Å². The molecule has 0 aromatic heterocycles. The molecule has 0 heterocycles. The molecule has 7 aromatic carbocycles. The van der Waals surface area contributed by atoms with Crippen LogP contribution in [0.4, 0.5) is 53.3 Å². The summed E-state index contributed by atoms with van der Waals surface area (Å²) in [6.45, 7) is 0. The van der Waals surface area contributed by atoms with E-state index in [1.54, 1.807) is 24.3 Å². The number of nitrogens with one attached hydrogen (secondary N) is 8. The maximum Gasteiger partial charge on any atom is 0.333 e. The van der Waals surface area contributed by atoms with Crippen molar-refractivity contribution < 1.29 is 36.0 Å². The summed E-state index contributed by atoms with van der Waals surface area (Å²) in [5.74, 6) is 0. The number of hydrogen-bond acceptors (Lipinski definition) is 8. The van der Waals surface area contributed by atoms with Crippen LogP contribution in [-0.2, 0) is 20.0 Å². The second-order valence-electron chi connectivity index (χ2n) is 13.0. The van der Waals surface area contributed by atoms with E-state index >= 15 is 0 Å². The van der Waals surface area contributed by atoms with Gasteiger partial charge >= 0.3 is 24.1 Å². The van der Waals surface area contributed by atoms with Gasteiger partial charge in [-0.2, -0.15) is 0 Å². The Morgan fingerprint density at radius 3 is 1.00 bits per heavy atom. The summed E-state index contributed by atoms with van der Waals surface area (Å²) in [5.41, 5.74) is 1.63. The van der Waals surface area contributed by atoms with E-state index in [9.17, 15) is 36.0 Å². The summed E-state index contributed by atoms with van der Waals surface area (Å²) in [6, 6.07) is 38.6. The number of rotatable bonds is 10. The van der Waals surface area contributed by atoms with Gasteiger partial charge in [0.25, 0.3) is 20.0 Å². The summed E-state index contributed by atoms with van der Waals surface area (Å²) in [6.07, 6.45) is 0. The number of hydrogen-bond donors (Lipinski definition) is 8. The van der Waals surface area contributed by atoms with E-state index < -0.39 is 44.2 Å². The van der Waals surface area contributed by atoms with Crippen molar-refractivity contribution in [2.75, 3.05) is 31.9 Å². The minimum absolute atomic E-state index is 0.135. The van der Waals surface area contributed by atoms with E-state index in [4.69, 9.17) is 0 Å². The zero-order chi connectivity index (χ0) is 42.3. The molecule has 0 saturated heterocycles. The molecule has 0 fully saturated rings. The SMILES string of the molecule is O=C(Nc1cccc(S(=O)(=O)NC(=O)Nc2ccc(NC(=O)NS(=O)(=O)c3cccc(NC(=O)Nc4ccc5ccccc5c4)c3)cc2)c1)Nc1ccc2ccccc2c1. The lowest BCUT2D eigenvalue weighted by molar-refractivity contribution is 0.255. The minimum Gasteiger partial charge on any atom is -0.308 e. The first kappa shape index (κ1) is 40.2. The number of sulfonamides is 2. The molecule has 0 unspecified atom stereocenters. The predicted molar refractivity (Wildman–Crippen MR) is 231 cm³/mol. The number of carbonyl (C=O) groups is 4. The summed E-state index contributed by atoms with van der Waals surface area (Å²) in [5, 5.41) is 19.1. The van der Waals surface area contributed by atoms with Crippen LogP contribution in [0.1, 0.15) is 0 Å². The molecule has 0 aliphatic heterocycles. The minimum atomic E-state index is -4.39.